The third kappa shape index (κ3) is 5.78. The fourth-order valence-corrected chi connectivity index (χ4v) is 5.03. The molecule has 1 atom stereocenters. The van der Waals surface area contributed by atoms with Gasteiger partial charge in [0.1, 0.15) is 0 Å². The van der Waals surface area contributed by atoms with Crippen molar-refractivity contribution in [2.24, 2.45) is 0 Å². The number of pyridine rings is 1. The molecule has 0 saturated heterocycles. The number of Topliss-reactive ketones (excluding diaryl/α,β-unsaturated/α-hetero) is 1. The van der Waals surface area contributed by atoms with E-state index in [1.807, 2.05) is 78.2 Å². The second kappa shape index (κ2) is 11.4. The molecule has 0 radical (unpaired) electrons. The van der Waals surface area contributed by atoms with E-state index in [1.54, 1.807) is 17.7 Å². The zero-order valence-electron chi connectivity index (χ0n) is 21.5. The molecule has 5 aromatic rings. The van der Waals surface area contributed by atoms with Gasteiger partial charge in [0.2, 0.25) is 0 Å². The van der Waals surface area contributed by atoms with E-state index in [2.05, 4.69) is 10.4 Å². The van der Waals surface area contributed by atoms with Crippen LogP contribution in [0.2, 0.25) is 0 Å². The third-order valence-electron chi connectivity index (χ3n) is 6.25. The number of carbonyl (C=O) groups is 3. The average molecular weight is 539 g/mol. The van der Waals surface area contributed by atoms with Crippen LogP contribution in [0, 0.1) is 6.92 Å². The van der Waals surface area contributed by atoms with Crippen LogP contribution in [0.1, 0.15) is 28.5 Å². The first-order chi connectivity index (χ1) is 18.9. The number of ether oxygens (including phenoxy) is 1. The highest BCUT2D eigenvalue weighted by atomic mass is 32.1. The standard InChI is InChI=1S/C30H26N4O4S/c1-19-28-23(30(37)38-18-27(36)31-24(20(2)35)16-21-10-5-3-6-11-21)17-25(26-14-9-15-39-26)32-29(28)34(33-19)22-12-7-4-8-13-22/h3-15,17,24H,16,18H2,1-2H3,(H,31,36)/t24-/m1/s1. The second-order valence-corrected chi connectivity index (χ2v) is 10.0. The second-order valence-electron chi connectivity index (χ2n) is 9.06. The first-order valence-electron chi connectivity index (χ1n) is 12.4. The lowest BCUT2D eigenvalue weighted by atomic mass is 10.0. The summed E-state index contributed by atoms with van der Waals surface area (Å²) in [6.07, 6.45) is 0.350. The Kier molecular flexibility index (Phi) is 7.60. The highest BCUT2D eigenvalue weighted by Gasteiger charge is 2.24. The number of thiophene rings is 1. The van der Waals surface area contributed by atoms with E-state index in [1.165, 1.54) is 18.3 Å². The summed E-state index contributed by atoms with van der Waals surface area (Å²) in [4.78, 5) is 43.9. The van der Waals surface area contributed by atoms with Crippen LogP contribution >= 0.6 is 11.3 Å². The Balaban J connectivity index is 1.41. The fourth-order valence-electron chi connectivity index (χ4n) is 4.34. The number of fused-ring (bicyclic) bond motifs is 1. The number of benzene rings is 2. The number of rotatable bonds is 9. The van der Waals surface area contributed by atoms with Crippen molar-refractivity contribution in [2.75, 3.05) is 6.61 Å². The van der Waals surface area contributed by atoms with Crippen molar-refractivity contribution in [3.8, 4) is 16.3 Å². The monoisotopic (exact) mass is 538 g/mol. The lowest BCUT2D eigenvalue weighted by molar-refractivity contribution is -0.128. The molecule has 0 aliphatic carbocycles. The number of carbonyl (C=O) groups excluding carboxylic acids is 3. The molecule has 196 valence electrons. The summed E-state index contributed by atoms with van der Waals surface area (Å²) < 4.78 is 7.15. The summed E-state index contributed by atoms with van der Waals surface area (Å²) in [6, 6.07) is 23.7. The number of ketones is 1. The van der Waals surface area contributed by atoms with Crippen LogP contribution in [-0.4, -0.2) is 45.1 Å². The Morgan fingerprint density at radius 2 is 1.72 bits per heavy atom. The Labute approximate surface area is 229 Å². The van der Waals surface area contributed by atoms with Crippen molar-refractivity contribution >= 4 is 40.0 Å². The van der Waals surface area contributed by atoms with Crippen LogP contribution < -0.4 is 5.32 Å². The van der Waals surface area contributed by atoms with Gasteiger partial charge in [0.15, 0.2) is 18.0 Å². The average Bonchev–Trinajstić information content (AvgIpc) is 3.60. The molecule has 0 bridgehead atoms. The van der Waals surface area contributed by atoms with E-state index >= 15 is 0 Å². The molecular weight excluding hydrogens is 512 g/mol. The molecule has 0 aliphatic heterocycles. The fraction of sp³-hybridized carbons (Fsp3) is 0.167. The maximum absolute atomic E-state index is 13.4. The quantitative estimate of drug-likeness (QED) is 0.267. The number of nitrogens with zero attached hydrogens (tertiary/aromatic N) is 3. The number of esters is 1. The van der Waals surface area contributed by atoms with Gasteiger partial charge in [-0.2, -0.15) is 5.10 Å². The van der Waals surface area contributed by atoms with E-state index in [0.29, 0.717) is 28.8 Å². The van der Waals surface area contributed by atoms with Gasteiger partial charge < -0.3 is 10.1 Å². The molecule has 0 aliphatic rings. The topological polar surface area (TPSA) is 103 Å². The molecule has 0 spiro atoms. The number of aromatic nitrogens is 3. The van der Waals surface area contributed by atoms with Crippen molar-refractivity contribution in [1.82, 2.24) is 20.1 Å². The Bertz CT molecular complexity index is 1630. The Morgan fingerprint density at radius 3 is 2.38 bits per heavy atom. The van der Waals surface area contributed by atoms with Crippen molar-refractivity contribution in [3.63, 3.8) is 0 Å². The van der Waals surface area contributed by atoms with Gasteiger partial charge in [0.25, 0.3) is 5.91 Å². The summed E-state index contributed by atoms with van der Waals surface area (Å²) in [7, 11) is 0. The SMILES string of the molecule is CC(=O)[C@@H](Cc1ccccc1)NC(=O)COC(=O)c1cc(-c2cccs2)nc2c1c(C)nn2-c1ccccc1. The predicted octanol–water partition coefficient (Wildman–Crippen LogP) is 4.93. The number of nitrogens with one attached hydrogen (secondary N) is 1. The molecule has 0 saturated carbocycles. The maximum Gasteiger partial charge on any atom is 0.339 e. The number of hydrogen-bond donors (Lipinski definition) is 1. The minimum Gasteiger partial charge on any atom is -0.452 e. The largest absolute Gasteiger partial charge is 0.452 e. The van der Waals surface area contributed by atoms with Gasteiger partial charge in [-0.15, -0.1) is 11.3 Å². The minimum absolute atomic E-state index is 0.182. The number of para-hydroxylation sites is 1. The van der Waals surface area contributed by atoms with Crippen LogP contribution in [0.3, 0.4) is 0 Å². The third-order valence-corrected chi connectivity index (χ3v) is 7.14. The Hall–Kier alpha value is -4.63. The van der Waals surface area contributed by atoms with Gasteiger partial charge in [-0.3, -0.25) is 9.59 Å². The summed E-state index contributed by atoms with van der Waals surface area (Å²) in [6.45, 7) is 2.70. The van der Waals surface area contributed by atoms with Gasteiger partial charge in [0.05, 0.1) is 38.9 Å². The summed E-state index contributed by atoms with van der Waals surface area (Å²) in [5.41, 5.74) is 3.71. The molecule has 3 aromatic heterocycles. The molecule has 1 amide bonds. The van der Waals surface area contributed by atoms with E-state index in [4.69, 9.17) is 9.72 Å². The zero-order valence-corrected chi connectivity index (χ0v) is 22.3. The Morgan fingerprint density at radius 1 is 1.00 bits per heavy atom. The van der Waals surface area contributed by atoms with Gasteiger partial charge in [-0.1, -0.05) is 54.6 Å². The van der Waals surface area contributed by atoms with Crippen molar-refractivity contribution in [1.29, 1.82) is 0 Å². The molecule has 9 heteroatoms. The molecule has 5 rings (SSSR count). The number of aryl methyl sites for hydroxylation is 1. The predicted molar refractivity (Wildman–Crippen MR) is 150 cm³/mol. The van der Waals surface area contributed by atoms with Crippen LogP contribution in [-0.2, 0) is 20.7 Å². The van der Waals surface area contributed by atoms with E-state index in [0.717, 1.165) is 16.1 Å². The van der Waals surface area contributed by atoms with Gasteiger partial charge >= 0.3 is 5.97 Å². The van der Waals surface area contributed by atoms with Crippen LogP contribution in [0.15, 0.2) is 84.2 Å². The number of amides is 1. The van der Waals surface area contributed by atoms with Crippen LogP contribution in [0.25, 0.3) is 27.3 Å². The summed E-state index contributed by atoms with van der Waals surface area (Å²) in [5, 5.41) is 9.83. The lowest BCUT2D eigenvalue weighted by Crippen LogP contribution is -2.43. The van der Waals surface area contributed by atoms with Crippen molar-refractivity contribution in [2.45, 2.75) is 26.3 Å². The first kappa shape index (κ1) is 26.0. The highest BCUT2D eigenvalue weighted by molar-refractivity contribution is 7.13. The van der Waals surface area contributed by atoms with Crippen LogP contribution in [0.5, 0.6) is 0 Å². The highest BCUT2D eigenvalue weighted by Crippen LogP contribution is 2.31. The van der Waals surface area contributed by atoms with Crippen molar-refractivity contribution in [3.05, 3.63) is 101 Å². The van der Waals surface area contributed by atoms with Crippen molar-refractivity contribution < 1.29 is 19.1 Å². The molecule has 1 N–H and O–H groups in total. The molecule has 0 unspecified atom stereocenters. The van der Waals surface area contributed by atoms with Crippen LogP contribution in [0.4, 0.5) is 0 Å². The molecule has 2 aromatic carbocycles. The summed E-state index contributed by atoms with van der Waals surface area (Å²) >= 11 is 1.50. The maximum atomic E-state index is 13.4. The van der Waals surface area contributed by atoms with E-state index in [9.17, 15) is 14.4 Å². The molecule has 3 heterocycles. The molecule has 39 heavy (non-hydrogen) atoms. The molecular formula is C30H26N4O4S. The lowest BCUT2D eigenvalue weighted by Gasteiger charge is -2.16. The molecule has 0 fully saturated rings. The zero-order chi connectivity index (χ0) is 27.4. The normalized spacial score (nSPS) is 11.7. The summed E-state index contributed by atoms with van der Waals surface area (Å²) in [5.74, 6) is -1.41. The van der Waals surface area contributed by atoms with Gasteiger partial charge in [-0.05, 0) is 55.5 Å². The first-order valence-corrected chi connectivity index (χ1v) is 13.3. The van der Waals surface area contributed by atoms with E-state index < -0.39 is 24.5 Å². The van der Waals surface area contributed by atoms with E-state index in [-0.39, 0.29) is 11.3 Å². The van der Waals surface area contributed by atoms with Gasteiger partial charge in [0, 0.05) is 0 Å². The van der Waals surface area contributed by atoms with Gasteiger partial charge in [-0.25, -0.2) is 14.5 Å². The number of hydrogen-bond acceptors (Lipinski definition) is 7. The smallest absolute Gasteiger partial charge is 0.339 e. The molecule has 8 nitrogen and oxygen atoms in total. The minimum atomic E-state index is -0.719.